The maximum atomic E-state index is 12.4. The van der Waals surface area contributed by atoms with E-state index >= 15 is 0 Å². The Hall–Kier alpha value is -3.10. The largest absolute Gasteiger partial charge is 0.445 e. The average Bonchev–Trinajstić information content (AvgIpc) is 2.66. The normalized spacial score (nSPS) is 12.8. The quantitative estimate of drug-likeness (QED) is 0.452. The van der Waals surface area contributed by atoms with E-state index in [1.807, 2.05) is 30.3 Å². The van der Waals surface area contributed by atoms with Gasteiger partial charge in [0.1, 0.15) is 18.7 Å². The SMILES string of the molecule is CC(C)[C@H](NC(=O)CNC(=O)[C@@H](NC(=O)OCc1ccccc1)C(C)C)C(N)=O. The van der Waals surface area contributed by atoms with Gasteiger partial charge in [-0.3, -0.25) is 14.4 Å². The van der Waals surface area contributed by atoms with Gasteiger partial charge in [-0.15, -0.1) is 0 Å². The molecule has 0 fully saturated rings. The van der Waals surface area contributed by atoms with Crippen molar-refractivity contribution in [3.8, 4) is 0 Å². The highest BCUT2D eigenvalue weighted by molar-refractivity contribution is 5.91. The summed E-state index contributed by atoms with van der Waals surface area (Å²) in [6.07, 6.45) is -0.735. The number of carbonyl (C=O) groups excluding carboxylic acids is 4. The van der Waals surface area contributed by atoms with Crippen molar-refractivity contribution < 1.29 is 23.9 Å². The monoisotopic (exact) mass is 406 g/mol. The zero-order valence-electron chi connectivity index (χ0n) is 17.2. The number of hydrogen-bond acceptors (Lipinski definition) is 5. The highest BCUT2D eigenvalue weighted by Crippen LogP contribution is 2.05. The number of hydrogen-bond donors (Lipinski definition) is 4. The molecular formula is C20H30N4O5. The first-order chi connectivity index (χ1) is 13.6. The molecule has 9 heteroatoms. The highest BCUT2D eigenvalue weighted by atomic mass is 16.5. The van der Waals surface area contributed by atoms with Crippen LogP contribution < -0.4 is 21.7 Å². The predicted molar refractivity (Wildman–Crippen MR) is 107 cm³/mol. The summed E-state index contributed by atoms with van der Waals surface area (Å²) in [6, 6.07) is 7.42. The van der Waals surface area contributed by atoms with E-state index in [1.54, 1.807) is 27.7 Å². The Kier molecular flexibility index (Phi) is 9.64. The summed E-state index contributed by atoms with van der Waals surface area (Å²) in [5.41, 5.74) is 6.07. The second-order valence-corrected chi connectivity index (χ2v) is 7.34. The van der Waals surface area contributed by atoms with Gasteiger partial charge >= 0.3 is 6.09 Å². The first-order valence-corrected chi connectivity index (χ1v) is 9.45. The number of ether oxygens (including phenoxy) is 1. The minimum Gasteiger partial charge on any atom is -0.445 e. The molecule has 1 rings (SSSR count). The third-order valence-electron chi connectivity index (χ3n) is 4.15. The molecule has 2 atom stereocenters. The van der Waals surface area contributed by atoms with Crippen LogP contribution in [0.1, 0.15) is 33.3 Å². The summed E-state index contributed by atoms with van der Waals surface area (Å²) >= 11 is 0. The fourth-order valence-electron chi connectivity index (χ4n) is 2.49. The third-order valence-corrected chi connectivity index (χ3v) is 4.15. The molecule has 0 aliphatic rings. The van der Waals surface area contributed by atoms with E-state index in [-0.39, 0.29) is 25.0 Å². The lowest BCUT2D eigenvalue weighted by Gasteiger charge is -2.22. The van der Waals surface area contributed by atoms with Crippen LogP contribution in [0, 0.1) is 11.8 Å². The van der Waals surface area contributed by atoms with Crippen LogP contribution in [0.3, 0.4) is 0 Å². The van der Waals surface area contributed by atoms with Gasteiger partial charge in [0.2, 0.25) is 17.7 Å². The van der Waals surface area contributed by atoms with Crippen LogP contribution in [-0.4, -0.2) is 42.4 Å². The smallest absolute Gasteiger partial charge is 0.408 e. The van der Waals surface area contributed by atoms with Crippen molar-refractivity contribution in [2.24, 2.45) is 17.6 Å². The van der Waals surface area contributed by atoms with E-state index in [1.165, 1.54) is 0 Å². The number of primary amides is 1. The highest BCUT2D eigenvalue weighted by Gasteiger charge is 2.26. The van der Waals surface area contributed by atoms with E-state index in [4.69, 9.17) is 10.5 Å². The molecule has 160 valence electrons. The summed E-state index contributed by atoms with van der Waals surface area (Å²) in [7, 11) is 0. The van der Waals surface area contributed by atoms with Gasteiger partial charge in [-0.1, -0.05) is 58.0 Å². The van der Waals surface area contributed by atoms with Crippen molar-refractivity contribution in [1.29, 1.82) is 0 Å². The molecule has 4 amide bonds. The number of carbonyl (C=O) groups is 4. The average molecular weight is 406 g/mol. The van der Waals surface area contributed by atoms with E-state index < -0.39 is 35.9 Å². The molecule has 0 aliphatic heterocycles. The number of benzene rings is 1. The van der Waals surface area contributed by atoms with Gasteiger partial charge in [0.15, 0.2) is 0 Å². The van der Waals surface area contributed by atoms with Gasteiger partial charge in [-0.05, 0) is 17.4 Å². The fourth-order valence-corrected chi connectivity index (χ4v) is 2.49. The van der Waals surface area contributed by atoms with Gasteiger partial charge in [-0.25, -0.2) is 4.79 Å². The second kappa shape index (κ2) is 11.7. The lowest BCUT2D eigenvalue weighted by molar-refractivity contribution is -0.130. The first kappa shape index (κ1) is 23.9. The Morgan fingerprint density at radius 1 is 0.931 bits per heavy atom. The lowest BCUT2D eigenvalue weighted by atomic mass is 10.0. The van der Waals surface area contributed by atoms with Crippen LogP contribution in [0.4, 0.5) is 4.79 Å². The van der Waals surface area contributed by atoms with E-state index in [0.717, 1.165) is 5.56 Å². The van der Waals surface area contributed by atoms with Gasteiger partial charge in [0, 0.05) is 0 Å². The molecule has 0 spiro atoms. The van der Waals surface area contributed by atoms with Crippen molar-refractivity contribution in [2.45, 2.75) is 46.4 Å². The molecule has 0 saturated heterocycles. The van der Waals surface area contributed by atoms with Gasteiger partial charge in [0.05, 0.1) is 6.54 Å². The topological polar surface area (TPSA) is 140 Å². The maximum Gasteiger partial charge on any atom is 0.408 e. The number of amides is 4. The van der Waals surface area contributed by atoms with Crippen molar-refractivity contribution in [2.75, 3.05) is 6.54 Å². The van der Waals surface area contributed by atoms with Crippen LogP contribution in [0.2, 0.25) is 0 Å². The zero-order chi connectivity index (χ0) is 22.0. The van der Waals surface area contributed by atoms with E-state index in [9.17, 15) is 19.2 Å². The molecule has 1 aromatic rings. The standard InChI is InChI=1S/C20H30N4O5/c1-12(2)16(18(21)26)23-15(25)10-22-19(27)17(13(3)4)24-20(28)29-11-14-8-6-5-7-9-14/h5-9,12-13,16-17H,10-11H2,1-4H3,(H2,21,26)(H,22,27)(H,23,25)(H,24,28)/t16-,17-/m0/s1. The van der Waals surface area contributed by atoms with Gasteiger partial charge in [0.25, 0.3) is 0 Å². The van der Waals surface area contributed by atoms with Crippen molar-refractivity contribution >= 4 is 23.8 Å². The minimum atomic E-state index is -0.886. The molecule has 0 bridgehead atoms. The van der Waals surface area contributed by atoms with E-state index in [2.05, 4.69) is 16.0 Å². The van der Waals surface area contributed by atoms with Crippen LogP contribution in [0.15, 0.2) is 30.3 Å². The summed E-state index contributed by atoms with van der Waals surface area (Å²) in [5.74, 6) is -2.16. The number of nitrogens with two attached hydrogens (primary N) is 1. The predicted octanol–water partition coefficient (Wildman–Crippen LogP) is 0.680. The zero-order valence-corrected chi connectivity index (χ0v) is 17.2. The molecule has 0 heterocycles. The fraction of sp³-hybridized carbons (Fsp3) is 0.500. The third kappa shape index (κ3) is 8.63. The summed E-state index contributed by atoms with van der Waals surface area (Å²) < 4.78 is 5.13. The number of rotatable bonds is 10. The van der Waals surface area contributed by atoms with Crippen molar-refractivity contribution in [1.82, 2.24) is 16.0 Å². The molecule has 5 N–H and O–H groups in total. The lowest BCUT2D eigenvalue weighted by Crippen LogP contribution is -2.54. The maximum absolute atomic E-state index is 12.4. The van der Waals surface area contributed by atoms with Gasteiger partial charge < -0.3 is 26.4 Å². The van der Waals surface area contributed by atoms with Crippen molar-refractivity contribution in [3.05, 3.63) is 35.9 Å². The minimum absolute atomic E-state index is 0.0746. The molecule has 0 radical (unpaired) electrons. The molecule has 0 unspecified atom stereocenters. The summed E-state index contributed by atoms with van der Waals surface area (Å²) in [4.78, 5) is 47.8. The summed E-state index contributed by atoms with van der Waals surface area (Å²) in [6.45, 7) is 6.72. The Labute approximate surface area is 170 Å². The molecular weight excluding hydrogens is 376 g/mol. The Morgan fingerprint density at radius 2 is 1.52 bits per heavy atom. The Bertz CT molecular complexity index is 706. The van der Waals surface area contributed by atoms with Crippen LogP contribution in [0.25, 0.3) is 0 Å². The first-order valence-electron chi connectivity index (χ1n) is 9.45. The number of alkyl carbamates (subject to hydrolysis) is 1. The second-order valence-electron chi connectivity index (χ2n) is 7.34. The molecule has 1 aromatic carbocycles. The number of nitrogens with one attached hydrogen (secondary N) is 3. The van der Waals surface area contributed by atoms with Crippen LogP contribution in [0.5, 0.6) is 0 Å². The van der Waals surface area contributed by atoms with E-state index in [0.29, 0.717) is 0 Å². The molecule has 0 aromatic heterocycles. The van der Waals surface area contributed by atoms with Crippen molar-refractivity contribution in [3.63, 3.8) is 0 Å². The molecule has 9 nitrogen and oxygen atoms in total. The van der Waals surface area contributed by atoms with Gasteiger partial charge in [-0.2, -0.15) is 0 Å². The van der Waals surface area contributed by atoms with Crippen LogP contribution >= 0.6 is 0 Å². The molecule has 29 heavy (non-hydrogen) atoms. The molecule has 0 saturated carbocycles. The van der Waals surface area contributed by atoms with Crippen LogP contribution in [-0.2, 0) is 25.7 Å². The molecule has 0 aliphatic carbocycles. The Balaban J connectivity index is 2.53. The Morgan fingerprint density at radius 3 is 2.03 bits per heavy atom. The summed E-state index contributed by atoms with van der Waals surface area (Å²) in [5, 5.41) is 7.44.